The van der Waals surface area contributed by atoms with E-state index < -0.39 is 0 Å². The van der Waals surface area contributed by atoms with E-state index in [1.54, 1.807) is 7.11 Å². The summed E-state index contributed by atoms with van der Waals surface area (Å²) in [6, 6.07) is 18.8. The lowest BCUT2D eigenvalue weighted by Crippen LogP contribution is -2.52. The second-order valence-electron chi connectivity index (χ2n) is 8.12. The van der Waals surface area contributed by atoms with Crippen molar-refractivity contribution in [1.29, 1.82) is 0 Å². The molecule has 7 nitrogen and oxygen atoms in total. The molecule has 1 aliphatic rings. The number of hydrogen-bond donors (Lipinski definition) is 1. The number of ether oxygens (including phenoxy) is 1. The number of aromatic nitrogens is 2. The summed E-state index contributed by atoms with van der Waals surface area (Å²) in [6.07, 6.45) is 4.75. The molecule has 0 atom stereocenters. The third-order valence-electron chi connectivity index (χ3n) is 5.93. The maximum absolute atomic E-state index is 5.38. The third-order valence-corrected chi connectivity index (χ3v) is 5.93. The third kappa shape index (κ3) is 6.88. The molecule has 2 heterocycles. The summed E-state index contributed by atoms with van der Waals surface area (Å²) in [5.74, 6) is 2.96. The van der Waals surface area contributed by atoms with E-state index in [1.807, 2.05) is 24.4 Å². The van der Waals surface area contributed by atoms with Gasteiger partial charge in [-0.3, -0.25) is 4.99 Å². The fourth-order valence-electron chi connectivity index (χ4n) is 4.16. The van der Waals surface area contributed by atoms with Crippen LogP contribution in [0, 0.1) is 0 Å². The quantitative estimate of drug-likeness (QED) is 0.252. The first kappa shape index (κ1) is 25.9. The summed E-state index contributed by atoms with van der Waals surface area (Å²) < 4.78 is 7.59. The second-order valence-corrected chi connectivity index (χ2v) is 8.12. The molecule has 3 aromatic rings. The Balaban J connectivity index is 0.00000324. The van der Waals surface area contributed by atoms with Crippen LogP contribution >= 0.6 is 24.0 Å². The van der Waals surface area contributed by atoms with Crippen LogP contribution in [0.15, 0.2) is 72.0 Å². The predicted octanol–water partition coefficient (Wildman–Crippen LogP) is 3.89. The van der Waals surface area contributed by atoms with Crippen molar-refractivity contribution in [3.05, 3.63) is 78.4 Å². The Morgan fingerprint density at radius 2 is 1.85 bits per heavy atom. The molecule has 34 heavy (non-hydrogen) atoms. The van der Waals surface area contributed by atoms with Crippen LogP contribution in [0.5, 0.6) is 5.75 Å². The number of nitrogens with one attached hydrogen (secondary N) is 1. The molecule has 1 aromatic heterocycles. The molecule has 1 fully saturated rings. The minimum atomic E-state index is 0. The van der Waals surface area contributed by atoms with Crippen molar-refractivity contribution in [2.45, 2.75) is 19.9 Å². The number of aliphatic imine (C=N–C) groups is 1. The second kappa shape index (κ2) is 13.2. The maximum Gasteiger partial charge on any atom is 0.194 e. The van der Waals surface area contributed by atoms with Crippen molar-refractivity contribution in [2.24, 2.45) is 4.99 Å². The first-order chi connectivity index (χ1) is 16.3. The number of rotatable bonds is 8. The van der Waals surface area contributed by atoms with Gasteiger partial charge >= 0.3 is 0 Å². The molecule has 182 valence electrons. The number of piperazine rings is 1. The first-order valence-corrected chi connectivity index (χ1v) is 11.7. The molecular formula is C26H35IN6O. The molecule has 0 amide bonds. The summed E-state index contributed by atoms with van der Waals surface area (Å²) in [6.45, 7) is 8.32. The van der Waals surface area contributed by atoms with Crippen LogP contribution in [0.1, 0.15) is 18.3 Å². The highest BCUT2D eigenvalue weighted by molar-refractivity contribution is 14.0. The normalized spacial score (nSPS) is 14.0. The lowest BCUT2D eigenvalue weighted by molar-refractivity contribution is 0.372. The minimum Gasteiger partial charge on any atom is -0.497 e. The Kier molecular flexibility index (Phi) is 10.1. The first-order valence-electron chi connectivity index (χ1n) is 11.7. The van der Waals surface area contributed by atoms with Crippen molar-refractivity contribution in [2.75, 3.05) is 51.3 Å². The van der Waals surface area contributed by atoms with E-state index >= 15 is 0 Å². The van der Waals surface area contributed by atoms with Gasteiger partial charge in [0.25, 0.3) is 0 Å². The summed E-state index contributed by atoms with van der Waals surface area (Å²) in [7, 11) is 1.71. The minimum absolute atomic E-state index is 0. The number of imidazole rings is 1. The van der Waals surface area contributed by atoms with Gasteiger partial charge in [-0.1, -0.05) is 36.4 Å². The average molecular weight is 575 g/mol. The number of benzene rings is 2. The Labute approximate surface area is 219 Å². The van der Waals surface area contributed by atoms with E-state index in [0.29, 0.717) is 6.54 Å². The van der Waals surface area contributed by atoms with Crippen LogP contribution in [0.3, 0.4) is 0 Å². The Morgan fingerprint density at radius 1 is 1.06 bits per heavy atom. The lowest BCUT2D eigenvalue weighted by atomic mass is 10.2. The van der Waals surface area contributed by atoms with Crippen LogP contribution in [-0.4, -0.2) is 66.8 Å². The number of anilines is 1. The largest absolute Gasteiger partial charge is 0.497 e. The molecule has 1 saturated heterocycles. The van der Waals surface area contributed by atoms with E-state index in [-0.39, 0.29) is 24.0 Å². The Morgan fingerprint density at radius 3 is 2.59 bits per heavy atom. The van der Waals surface area contributed by atoms with Gasteiger partial charge in [-0.25, -0.2) is 4.98 Å². The number of nitrogens with zero attached hydrogens (tertiary/aromatic N) is 5. The van der Waals surface area contributed by atoms with Crippen molar-refractivity contribution in [1.82, 2.24) is 19.8 Å². The molecule has 0 bridgehead atoms. The monoisotopic (exact) mass is 574 g/mol. The van der Waals surface area contributed by atoms with Crippen molar-refractivity contribution < 1.29 is 4.74 Å². The number of hydrogen-bond acceptors (Lipinski definition) is 4. The standard InChI is InChI=1S/C26H34N6O.HI/c1-3-27-26(31-18-16-30(17-19-31)23-10-7-11-24(20-23)33-2)29-13-12-25-28-14-15-32(25)21-22-8-5-4-6-9-22;/h4-11,14-15,20H,3,12-13,16-19,21H2,1-2H3,(H,27,29);1H. The molecule has 0 saturated carbocycles. The molecule has 0 spiro atoms. The van der Waals surface area contributed by atoms with Crippen molar-refractivity contribution in [3.63, 3.8) is 0 Å². The Hall–Kier alpha value is -2.75. The molecular weight excluding hydrogens is 539 g/mol. The molecule has 0 aliphatic carbocycles. The molecule has 0 radical (unpaired) electrons. The summed E-state index contributed by atoms with van der Waals surface area (Å²) in [5.41, 5.74) is 2.49. The summed E-state index contributed by atoms with van der Waals surface area (Å²) in [5, 5.41) is 3.47. The van der Waals surface area contributed by atoms with Gasteiger partial charge in [0.2, 0.25) is 0 Å². The SMILES string of the molecule is CCNC(=NCCc1nccn1Cc1ccccc1)N1CCN(c2cccc(OC)c2)CC1.I. The fourth-order valence-corrected chi connectivity index (χ4v) is 4.16. The molecule has 2 aromatic carbocycles. The predicted molar refractivity (Wildman–Crippen MR) is 150 cm³/mol. The van der Waals surface area contributed by atoms with Crippen LogP contribution in [0.2, 0.25) is 0 Å². The van der Waals surface area contributed by atoms with Gasteiger partial charge in [0.05, 0.1) is 7.11 Å². The highest BCUT2D eigenvalue weighted by atomic mass is 127. The zero-order valence-electron chi connectivity index (χ0n) is 20.1. The zero-order chi connectivity index (χ0) is 22.9. The van der Waals surface area contributed by atoms with E-state index in [0.717, 1.165) is 63.2 Å². The van der Waals surface area contributed by atoms with Gasteiger partial charge in [-0.15, -0.1) is 24.0 Å². The van der Waals surface area contributed by atoms with Gasteiger partial charge in [-0.2, -0.15) is 0 Å². The fraction of sp³-hybridized carbons (Fsp3) is 0.385. The van der Waals surface area contributed by atoms with Crippen LogP contribution in [0.25, 0.3) is 0 Å². The van der Waals surface area contributed by atoms with E-state index in [2.05, 4.69) is 74.2 Å². The molecule has 8 heteroatoms. The molecule has 1 aliphatic heterocycles. The summed E-state index contributed by atoms with van der Waals surface area (Å²) >= 11 is 0. The van der Waals surface area contributed by atoms with E-state index in [4.69, 9.17) is 9.73 Å². The molecule has 1 N–H and O–H groups in total. The van der Waals surface area contributed by atoms with Gasteiger partial charge in [-0.05, 0) is 24.6 Å². The zero-order valence-corrected chi connectivity index (χ0v) is 22.4. The Bertz CT molecular complexity index is 1030. The maximum atomic E-state index is 5.38. The van der Waals surface area contributed by atoms with Crippen LogP contribution in [-0.2, 0) is 13.0 Å². The topological polar surface area (TPSA) is 57.9 Å². The van der Waals surface area contributed by atoms with Gasteiger partial charge in [0, 0.05) is 76.4 Å². The van der Waals surface area contributed by atoms with Crippen LogP contribution in [0.4, 0.5) is 5.69 Å². The van der Waals surface area contributed by atoms with E-state index in [1.165, 1.54) is 11.3 Å². The molecule has 4 rings (SSSR count). The van der Waals surface area contributed by atoms with Crippen LogP contribution < -0.4 is 15.0 Å². The van der Waals surface area contributed by atoms with Crippen molar-refractivity contribution >= 4 is 35.6 Å². The summed E-state index contributed by atoms with van der Waals surface area (Å²) in [4.78, 5) is 14.3. The highest BCUT2D eigenvalue weighted by Crippen LogP contribution is 2.22. The van der Waals surface area contributed by atoms with Gasteiger partial charge in [0.15, 0.2) is 5.96 Å². The molecule has 0 unspecified atom stereocenters. The van der Waals surface area contributed by atoms with Gasteiger partial charge < -0.3 is 24.4 Å². The highest BCUT2D eigenvalue weighted by Gasteiger charge is 2.20. The van der Waals surface area contributed by atoms with E-state index in [9.17, 15) is 0 Å². The van der Waals surface area contributed by atoms with Crippen molar-refractivity contribution in [3.8, 4) is 5.75 Å². The number of methoxy groups -OCH3 is 1. The van der Waals surface area contributed by atoms with Gasteiger partial charge in [0.1, 0.15) is 11.6 Å². The average Bonchev–Trinajstić information content (AvgIpc) is 3.31. The smallest absolute Gasteiger partial charge is 0.194 e. The lowest BCUT2D eigenvalue weighted by Gasteiger charge is -2.37. The number of halogens is 1. The number of guanidine groups is 1.